The maximum atomic E-state index is 12.0. The second-order valence-electron chi connectivity index (χ2n) is 5.42. The smallest absolute Gasteiger partial charge is 0.224 e. The van der Waals surface area contributed by atoms with Gasteiger partial charge in [-0.25, -0.2) is 0 Å². The molecule has 0 unspecified atom stereocenters. The van der Waals surface area contributed by atoms with Gasteiger partial charge in [-0.1, -0.05) is 12.1 Å². The fraction of sp³-hybridized carbons (Fsp3) is 0.316. The van der Waals surface area contributed by atoms with Crippen molar-refractivity contribution in [1.29, 1.82) is 0 Å². The lowest BCUT2D eigenvalue weighted by Crippen LogP contribution is -2.13. The van der Waals surface area contributed by atoms with E-state index in [1.54, 1.807) is 32.4 Å². The average Bonchev–Trinajstić information content (AvgIpc) is 2.58. The van der Waals surface area contributed by atoms with Crippen LogP contribution >= 0.6 is 0 Å². The zero-order valence-corrected chi connectivity index (χ0v) is 14.3. The van der Waals surface area contributed by atoms with Crippen molar-refractivity contribution in [3.05, 3.63) is 48.0 Å². The van der Waals surface area contributed by atoms with Crippen LogP contribution in [0.4, 0.5) is 5.69 Å². The van der Waals surface area contributed by atoms with Gasteiger partial charge in [0.2, 0.25) is 5.91 Å². The summed E-state index contributed by atoms with van der Waals surface area (Å²) >= 11 is 0. The summed E-state index contributed by atoms with van der Waals surface area (Å²) in [6, 6.07) is 13.1. The number of ether oxygens (including phenoxy) is 3. The molecule has 0 aromatic heterocycles. The zero-order chi connectivity index (χ0) is 17.4. The van der Waals surface area contributed by atoms with E-state index in [9.17, 15) is 4.79 Å². The molecule has 0 aliphatic heterocycles. The molecule has 0 atom stereocenters. The van der Waals surface area contributed by atoms with Crippen LogP contribution in [-0.2, 0) is 4.79 Å². The molecule has 0 bridgehead atoms. The van der Waals surface area contributed by atoms with Crippen LogP contribution in [0.3, 0.4) is 0 Å². The van der Waals surface area contributed by atoms with E-state index in [-0.39, 0.29) is 5.91 Å². The third-order valence-electron chi connectivity index (χ3n) is 3.44. The summed E-state index contributed by atoms with van der Waals surface area (Å²) in [5.74, 6) is 2.02. The summed E-state index contributed by atoms with van der Waals surface area (Å²) in [6.45, 7) is 2.51. The number of anilines is 1. The maximum absolute atomic E-state index is 12.0. The number of hydrogen-bond donors (Lipinski definition) is 1. The number of carbonyl (C=O) groups is 1. The summed E-state index contributed by atoms with van der Waals surface area (Å²) in [5, 5.41) is 2.84. The summed E-state index contributed by atoms with van der Waals surface area (Å²) < 4.78 is 16.0. The standard InChI is InChI=1S/C19H23NO4/c1-14-6-4-7-16(10-14)24-9-5-8-19(21)20-15-11-17(22-2)13-18(12-15)23-3/h4,6-7,10-13H,5,8-9H2,1-3H3,(H,20,21). The molecule has 2 aromatic rings. The molecule has 0 radical (unpaired) electrons. The molecular weight excluding hydrogens is 306 g/mol. The molecular formula is C19H23NO4. The van der Waals surface area contributed by atoms with Crippen molar-refractivity contribution in [3.63, 3.8) is 0 Å². The third kappa shape index (κ3) is 5.50. The lowest BCUT2D eigenvalue weighted by Gasteiger charge is -2.10. The van der Waals surface area contributed by atoms with E-state index in [1.807, 2.05) is 31.2 Å². The molecule has 1 N–H and O–H groups in total. The molecule has 0 fully saturated rings. The van der Waals surface area contributed by atoms with E-state index in [4.69, 9.17) is 14.2 Å². The summed E-state index contributed by atoms with van der Waals surface area (Å²) in [7, 11) is 3.14. The Balaban J connectivity index is 1.79. The monoisotopic (exact) mass is 329 g/mol. The number of methoxy groups -OCH3 is 2. The molecule has 0 spiro atoms. The van der Waals surface area contributed by atoms with Gasteiger partial charge in [-0.2, -0.15) is 0 Å². The van der Waals surface area contributed by atoms with Crippen molar-refractivity contribution in [2.24, 2.45) is 0 Å². The van der Waals surface area contributed by atoms with E-state index < -0.39 is 0 Å². The van der Waals surface area contributed by atoms with E-state index in [1.165, 1.54) is 0 Å². The van der Waals surface area contributed by atoms with Gasteiger partial charge in [-0.3, -0.25) is 4.79 Å². The van der Waals surface area contributed by atoms with Crippen LogP contribution in [0.15, 0.2) is 42.5 Å². The van der Waals surface area contributed by atoms with Crippen molar-refractivity contribution in [2.45, 2.75) is 19.8 Å². The molecule has 0 saturated heterocycles. The lowest BCUT2D eigenvalue weighted by molar-refractivity contribution is -0.116. The van der Waals surface area contributed by atoms with Gasteiger partial charge >= 0.3 is 0 Å². The van der Waals surface area contributed by atoms with Crippen LogP contribution < -0.4 is 19.5 Å². The van der Waals surface area contributed by atoms with Crippen molar-refractivity contribution in [2.75, 3.05) is 26.1 Å². The highest BCUT2D eigenvalue weighted by Crippen LogP contribution is 2.25. The maximum Gasteiger partial charge on any atom is 0.224 e. The number of benzene rings is 2. The van der Waals surface area contributed by atoms with E-state index >= 15 is 0 Å². The number of rotatable bonds is 8. The molecule has 1 amide bonds. The number of nitrogens with one attached hydrogen (secondary N) is 1. The summed E-state index contributed by atoms with van der Waals surface area (Å²) in [4.78, 5) is 12.0. The molecule has 5 heteroatoms. The summed E-state index contributed by atoms with van der Waals surface area (Å²) in [5.41, 5.74) is 1.80. The number of carbonyl (C=O) groups excluding carboxylic acids is 1. The molecule has 5 nitrogen and oxygen atoms in total. The van der Waals surface area contributed by atoms with Crippen LogP contribution in [-0.4, -0.2) is 26.7 Å². The lowest BCUT2D eigenvalue weighted by atomic mass is 10.2. The highest BCUT2D eigenvalue weighted by Gasteiger charge is 2.06. The van der Waals surface area contributed by atoms with Crippen LogP contribution in [0.2, 0.25) is 0 Å². The minimum atomic E-state index is -0.0712. The molecule has 2 aromatic carbocycles. The molecule has 0 heterocycles. The van der Waals surface area contributed by atoms with E-state index in [0.29, 0.717) is 36.6 Å². The van der Waals surface area contributed by atoms with Crippen LogP contribution in [0.25, 0.3) is 0 Å². The fourth-order valence-corrected chi connectivity index (χ4v) is 2.23. The largest absolute Gasteiger partial charge is 0.497 e. The second kappa shape index (κ2) is 8.82. The minimum absolute atomic E-state index is 0.0712. The Hall–Kier alpha value is -2.69. The Labute approximate surface area is 142 Å². The summed E-state index contributed by atoms with van der Waals surface area (Å²) in [6.07, 6.45) is 1.02. The Morgan fingerprint density at radius 3 is 2.33 bits per heavy atom. The minimum Gasteiger partial charge on any atom is -0.497 e. The van der Waals surface area contributed by atoms with Crippen molar-refractivity contribution >= 4 is 11.6 Å². The number of aryl methyl sites for hydroxylation is 1. The molecule has 24 heavy (non-hydrogen) atoms. The van der Waals surface area contributed by atoms with Crippen LogP contribution in [0, 0.1) is 6.92 Å². The third-order valence-corrected chi connectivity index (χ3v) is 3.44. The SMILES string of the molecule is COc1cc(NC(=O)CCCOc2cccc(C)c2)cc(OC)c1. The fourth-order valence-electron chi connectivity index (χ4n) is 2.23. The molecule has 0 aliphatic carbocycles. The normalized spacial score (nSPS) is 10.1. The second-order valence-corrected chi connectivity index (χ2v) is 5.42. The number of amides is 1. The first kappa shape index (κ1) is 17.7. The van der Waals surface area contributed by atoms with Gasteiger partial charge in [0.05, 0.1) is 20.8 Å². The Morgan fingerprint density at radius 1 is 1.00 bits per heavy atom. The van der Waals surface area contributed by atoms with Crippen molar-refractivity contribution in [1.82, 2.24) is 0 Å². The molecule has 0 saturated carbocycles. The molecule has 0 aliphatic rings. The first-order valence-corrected chi connectivity index (χ1v) is 7.83. The molecule has 128 valence electrons. The van der Waals surface area contributed by atoms with Gasteiger partial charge in [0.1, 0.15) is 17.2 Å². The predicted octanol–water partition coefficient (Wildman–Crippen LogP) is 3.81. The highest BCUT2D eigenvalue weighted by molar-refractivity contribution is 5.91. The zero-order valence-electron chi connectivity index (χ0n) is 14.3. The van der Waals surface area contributed by atoms with Crippen molar-refractivity contribution < 1.29 is 19.0 Å². The van der Waals surface area contributed by atoms with Crippen LogP contribution in [0.1, 0.15) is 18.4 Å². The molecule has 2 rings (SSSR count). The first-order chi connectivity index (χ1) is 11.6. The van der Waals surface area contributed by atoms with Gasteiger partial charge in [0.15, 0.2) is 0 Å². The number of hydrogen-bond acceptors (Lipinski definition) is 4. The van der Waals surface area contributed by atoms with Gasteiger partial charge in [-0.15, -0.1) is 0 Å². The predicted molar refractivity (Wildman–Crippen MR) is 94.1 cm³/mol. The van der Waals surface area contributed by atoms with Gasteiger partial charge in [0, 0.05) is 30.3 Å². The van der Waals surface area contributed by atoms with Gasteiger partial charge in [-0.05, 0) is 31.0 Å². The van der Waals surface area contributed by atoms with E-state index in [2.05, 4.69) is 5.32 Å². The van der Waals surface area contributed by atoms with Crippen LogP contribution in [0.5, 0.6) is 17.2 Å². The van der Waals surface area contributed by atoms with Gasteiger partial charge in [0.25, 0.3) is 0 Å². The Bertz CT molecular complexity index is 663. The highest BCUT2D eigenvalue weighted by atomic mass is 16.5. The Morgan fingerprint density at radius 2 is 1.71 bits per heavy atom. The average molecular weight is 329 g/mol. The topological polar surface area (TPSA) is 56.8 Å². The quantitative estimate of drug-likeness (QED) is 0.748. The van der Waals surface area contributed by atoms with E-state index in [0.717, 1.165) is 11.3 Å². The van der Waals surface area contributed by atoms with Gasteiger partial charge < -0.3 is 19.5 Å². The van der Waals surface area contributed by atoms with Crippen molar-refractivity contribution in [3.8, 4) is 17.2 Å². The first-order valence-electron chi connectivity index (χ1n) is 7.83. The Kier molecular flexibility index (Phi) is 6.49.